The number of H-pyrrole nitrogens is 1. The first-order chi connectivity index (χ1) is 9.83. The highest BCUT2D eigenvalue weighted by Gasteiger charge is 2.42. The Morgan fingerprint density at radius 3 is 2.95 bits per heavy atom. The number of rotatable bonds is 2. The standard InChI is InChI=1S/C15H19N3O2/c1-2-4-13-12(3-1)17-14(18-13)20-11-9-15(19-10-11)5-7-16-8-6-15/h1-4,11,16H,5-10H2,(H,17,18). The lowest BCUT2D eigenvalue weighted by Crippen LogP contribution is -2.41. The molecule has 4 rings (SSSR count). The van der Waals surface area contributed by atoms with Gasteiger partial charge in [0.05, 0.1) is 23.2 Å². The van der Waals surface area contributed by atoms with Gasteiger partial charge in [0.25, 0.3) is 6.01 Å². The molecule has 5 heteroatoms. The van der Waals surface area contributed by atoms with Crippen LogP contribution < -0.4 is 10.1 Å². The number of nitrogens with one attached hydrogen (secondary N) is 2. The minimum Gasteiger partial charge on any atom is -0.459 e. The van der Waals surface area contributed by atoms with E-state index < -0.39 is 0 Å². The van der Waals surface area contributed by atoms with Crippen LogP contribution in [0, 0.1) is 0 Å². The van der Waals surface area contributed by atoms with E-state index in [4.69, 9.17) is 9.47 Å². The number of benzene rings is 1. The Kier molecular flexibility index (Phi) is 2.89. The number of para-hydroxylation sites is 2. The Bertz CT molecular complexity index is 571. The molecule has 2 saturated heterocycles. The maximum absolute atomic E-state index is 6.03. The first-order valence-corrected chi connectivity index (χ1v) is 7.29. The Morgan fingerprint density at radius 1 is 1.25 bits per heavy atom. The number of hydrogen-bond donors (Lipinski definition) is 2. The third-order valence-corrected chi connectivity index (χ3v) is 4.34. The van der Waals surface area contributed by atoms with Crippen LogP contribution in [-0.4, -0.2) is 41.4 Å². The zero-order chi connectivity index (χ0) is 13.4. The monoisotopic (exact) mass is 273 g/mol. The van der Waals surface area contributed by atoms with Gasteiger partial charge in [-0.3, -0.25) is 0 Å². The molecule has 1 unspecified atom stereocenters. The molecule has 2 aliphatic heterocycles. The number of fused-ring (bicyclic) bond motifs is 1. The number of hydrogen-bond acceptors (Lipinski definition) is 4. The largest absolute Gasteiger partial charge is 0.459 e. The first kappa shape index (κ1) is 12.2. The van der Waals surface area contributed by atoms with Crippen molar-refractivity contribution in [2.24, 2.45) is 0 Å². The molecule has 1 atom stereocenters. The van der Waals surface area contributed by atoms with E-state index >= 15 is 0 Å². The summed E-state index contributed by atoms with van der Waals surface area (Å²) in [6.45, 7) is 2.74. The molecule has 2 N–H and O–H groups in total. The molecule has 1 spiro atoms. The van der Waals surface area contributed by atoms with Gasteiger partial charge in [-0.05, 0) is 38.1 Å². The van der Waals surface area contributed by atoms with E-state index in [0.29, 0.717) is 12.6 Å². The van der Waals surface area contributed by atoms with Gasteiger partial charge in [-0.1, -0.05) is 12.1 Å². The molecule has 2 aliphatic rings. The summed E-state index contributed by atoms with van der Waals surface area (Å²) in [7, 11) is 0. The molecule has 2 fully saturated rings. The summed E-state index contributed by atoms with van der Waals surface area (Å²) in [5, 5.41) is 3.38. The van der Waals surface area contributed by atoms with Gasteiger partial charge >= 0.3 is 0 Å². The predicted molar refractivity (Wildman–Crippen MR) is 75.9 cm³/mol. The van der Waals surface area contributed by atoms with Gasteiger partial charge in [-0.2, -0.15) is 4.98 Å². The maximum atomic E-state index is 6.03. The highest BCUT2D eigenvalue weighted by atomic mass is 16.6. The summed E-state index contributed by atoms with van der Waals surface area (Å²) in [6.07, 6.45) is 3.22. The van der Waals surface area contributed by atoms with Crippen LogP contribution in [0.4, 0.5) is 0 Å². The molecule has 0 amide bonds. The Balaban J connectivity index is 1.47. The van der Waals surface area contributed by atoms with E-state index in [2.05, 4.69) is 15.3 Å². The van der Waals surface area contributed by atoms with Crippen LogP contribution in [-0.2, 0) is 4.74 Å². The second kappa shape index (κ2) is 4.75. The molecule has 0 radical (unpaired) electrons. The zero-order valence-electron chi connectivity index (χ0n) is 11.4. The number of nitrogens with zero attached hydrogens (tertiary/aromatic N) is 1. The molecular weight excluding hydrogens is 254 g/mol. The minimum atomic E-state index is 0.0297. The van der Waals surface area contributed by atoms with Gasteiger partial charge in [0.15, 0.2) is 0 Å². The Hall–Kier alpha value is -1.59. The van der Waals surface area contributed by atoms with E-state index in [-0.39, 0.29) is 11.7 Å². The van der Waals surface area contributed by atoms with E-state index in [1.54, 1.807) is 0 Å². The summed E-state index contributed by atoms with van der Waals surface area (Å²) in [4.78, 5) is 7.68. The van der Waals surface area contributed by atoms with Gasteiger partial charge in [0.1, 0.15) is 6.10 Å². The molecule has 5 nitrogen and oxygen atoms in total. The van der Waals surface area contributed by atoms with E-state index in [1.807, 2.05) is 24.3 Å². The van der Waals surface area contributed by atoms with Crippen molar-refractivity contribution >= 4 is 11.0 Å². The van der Waals surface area contributed by atoms with Gasteiger partial charge in [0.2, 0.25) is 0 Å². The van der Waals surface area contributed by atoms with E-state index in [9.17, 15) is 0 Å². The van der Waals surface area contributed by atoms with Crippen molar-refractivity contribution in [1.82, 2.24) is 15.3 Å². The molecule has 20 heavy (non-hydrogen) atoms. The lowest BCUT2D eigenvalue weighted by atomic mass is 9.89. The fourth-order valence-corrected chi connectivity index (χ4v) is 3.25. The van der Waals surface area contributed by atoms with Gasteiger partial charge in [-0.15, -0.1) is 0 Å². The number of aromatic nitrogens is 2. The van der Waals surface area contributed by atoms with Gasteiger partial charge in [-0.25, -0.2) is 0 Å². The van der Waals surface area contributed by atoms with E-state index in [1.165, 1.54) is 0 Å². The van der Waals surface area contributed by atoms with E-state index in [0.717, 1.165) is 43.4 Å². The molecule has 0 bridgehead atoms. The maximum Gasteiger partial charge on any atom is 0.294 e. The highest BCUT2D eigenvalue weighted by molar-refractivity contribution is 5.75. The predicted octanol–water partition coefficient (Wildman–Crippen LogP) is 1.85. The third-order valence-electron chi connectivity index (χ3n) is 4.34. The highest BCUT2D eigenvalue weighted by Crippen LogP contribution is 2.35. The molecule has 0 saturated carbocycles. The second-order valence-electron chi connectivity index (χ2n) is 5.75. The average Bonchev–Trinajstić information content (AvgIpc) is 3.04. The summed E-state index contributed by atoms with van der Waals surface area (Å²) in [5.41, 5.74) is 1.98. The Morgan fingerprint density at radius 2 is 2.10 bits per heavy atom. The van der Waals surface area contributed by atoms with Crippen molar-refractivity contribution in [2.75, 3.05) is 19.7 Å². The SMILES string of the molecule is c1ccc2[nH]c(OC3COC4(CCNCC4)C3)nc2c1. The second-order valence-corrected chi connectivity index (χ2v) is 5.75. The quantitative estimate of drug-likeness (QED) is 0.876. The van der Waals surface area contributed by atoms with Crippen molar-refractivity contribution in [2.45, 2.75) is 31.0 Å². The Labute approximate surface area is 117 Å². The van der Waals surface area contributed by atoms with Crippen molar-refractivity contribution in [3.05, 3.63) is 24.3 Å². The third kappa shape index (κ3) is 2.17. The van der Waals surface area contributed by atoms with Crippen LogP contribution in [0.3, 0.4) is 0 Å². The summed E-state index contributed by atoms with van der Waals surface area (Å²) in [5.74, 6) is 0. The van der Waals surface area contributed by atoms with Crippen LogP contribution in [0.15, 0.2) is 24.3 Å². The average molecular weight is 273 g/mol. The minimum absolute atomic E-state index is 0.0297. The lowest BCUT2D eigenvalue weighted by Gasteiger charge is -2.32. The first-order valence-electron chi connectivity index (χ1n) is 7.29. The van der Waals surface area contributed by atoms with Crippen LogP contribution in [0.1, 0.15) is 19.3 Å². The van der Waals surface area contributed by atoms with Crippen LogP contribution >= 0.6 is 0 Å². The molecule has 3 heterocycles. The topological polar surface area (TPSA) is 59.2 Å². The molecule has 0 aliphatic carbocycles. The smallest absolute Gasteiger partial charge is 0.294 e. The molecule has 2 aromatic rings. The molecular formula is C15H19N3O2. The number of aromatic amines is 1. The summed E-state index contributed by atoms with van der Waals surface area (Å²) in [6, 6.07) is 8.57. The summed E-state index contributed by atoms with van der Waals surface area (Å²) >= 11 is 0. The van der Waals surface area contributed by atoms with Crippen molar-refractivity contribution in [3.8, 4) is 6.01 Å². The van der Waals surface area contributed by atoms with Crippen molar-refractivity contribution in [1.29, 1.82) is 0 Å². The number of imidazole rings is 1. The summed E-state index contributed by atoms with van der Waals surface area (Å²) < 4.78 is 12.0. The van der Waals surface area contributed by atoms with Crippen LogP contribution in [0.2, 0.25) is 0 Å². The van der Waals surface area contributed by atoms with Crippen LogP contribution in [0.5, 0.6) is 6.01 Å². The van der Waals surface area contributed by atoms with Crippen molar-refractivity contribution < 1.29 is 9.47 Å². The number of piperidine rings is 1. The molecule has 1 aromatic heterocycles. The van der Waals surface area contributed by atoms with Crippen LogP contribution in [0.25, 0.3) is 11.0 Å². The fraction of sp³-hybridized carbons (Fsp3) is 0.533. The zero-order valence-corrected chi connectivity index (χ0v) is 11.4. The lowest BCUT2D eigenvalue weighted by molar-refractivity contribution is -0.0206. The fourth-order valence-electron chi connectivity index (χ4n) is 3.25. The van der Waals surface area contributed by atoms with Gasteiger partial charge < -0.3 is 19.8 Å². The number of ether oxygens (including phenoxy) is 2. The van der Waals surface area contributed by atoms with Gasteiger partial charge in [0, 0.05) is 6.42 Å². The molecule has 106 valence electrons. The normalized spacial score (nSPS) is 25.3. The van der Waals surface area contributed by atoms with Crippen molar-refractivity contribution in [3.63, 3.8) is 0 Å². The molecule has 1 aromatic carbocycles.